The van der Waals surface area contributed by atoms with Crippen molar-refractivity contribution < 1.29 is 4.39 Å². The molecule has 2 aromatic rings. The zero-order valence-corrected chi connectivity index (χ0v) is 12.6. The van der Waals surface area contributed by atoms with Gasteiger partial charge in [0.1, 0.15) is 0 Å². The van der Waals surface area contributed by atoms with Crippen molar-refractivity contribution in [2.24, 2.45) is 0 Å². The Labute approximate surface area is 132 Å². The predicted molar refractivity (Wildman–Crippen MR) is 82.9 cm³/mol. The van der Waals surface area contributed by atoms with Gasteiger partial charge in [-0.25, -0.2) is 14.4 Å². The summed E-state index contributed by atoms with van der Waals surface area (Å²) in [4.78, 5) is 12.2. The van der Waals surface area contributed by atoms with Crippen LogP contribution in [0.5, 0.6) is 0 Å². The average molecular weight is 327 g/mol. The fourth-order valence-electron chi connectivity index (χ4n) is 2.35. The third kappa shape index (κ3) is 3.04. The highest BCUT2D eigenvalue weighted by Gasteiger charge is 2.21. The molecule has 0 aliphatic carbocycles. The summed E-state index contributed by atoms with van der Waals surface area (Å²) in [6.07, 6.45) is 2.37. The zero-order valence-electron chi connectivity index (χ0n) is 11.1. The molecule has 7 heteroatoms. The molecule has 1 aliphatic rings. The van der Waals surface area contributed by atoms with Gasteiger partial charge >= 0.3 is 0 Å². The third-order valence-corrected chi connectivity index (χ3v) is 4.25. The Bertz CT molecular complexity index is 627. The molecule has 1 aliphatic heterocycles. The minimum Gasteiger partial charge on any atom is -0.367 e. The molecule has 0 bridgehead atoms. The molecular weight excluding hydrogens is 314 g/mol. The van der Waals surface area contributed by atoms with Crippen molar-refractivity contribution >= 4 is 34.8 Å². The number of benzene rings is 1. The van der Waals surface area contributed by atoms with Crippen LogP contribution in [0.15, 0.2) is 30.6 Å². The smallest absolute Gasteiger partial charge is 0.225 e. The van der Waals surface area contributed by atoms with Gasteiger partial charge in [-0.2, -0.15) is 0 Å². The van der Waals surface area contributed by atoms with Gasteiger partial charge in [0.25, 0.3) is 0 Å². The van der Waals surface area contributed by atoms with E-state index in [4.69, 9.17) is 23.2 Å². The van der Waals surface area contributed by atoms with Crippen LogP contribution in [0.2, 0.25) is 10.0 Å². The molecule has 3 rings (SSSR count). The molecule has 1 fully saturated rings. The summed E-state index contributed by atoms with van der Waals surface area (Å²) in [5.41, 5.74) is 0.934. The first kappa shape index (κ1) is 14.4. The molecule has 0 atom stereocenters. The van der Waals surface area contributed by atoms with Crippen LogP contribution in [0.4, 0.5) is 16.0 Å². The van der Waals surface area contributed by atoms with E-state index in [1.807, 2.05) is 17.0 Å². The van der Waals surface area contributed by atoms with Gasteiger partial charge in [-0.1, -0.05) is 29.3 Å². The first-order valence-electron chi connectivity index (χ1n) is 6.56. The minimum absolute atomic E-state index is 0.428. The van der Waals surface area contributed by atoms with Gasteiger partial charge in [-0.15, -0.1) is 0 Å². The van der Waals surface area contributed by atoms with Crippen LogP contribution in [0.1, 0.15) is 0 Å². The molecule has 0 spiro atoms. The maximum atomic E-state index is 12.8. The fourth-order valence-corrected chi connectivity index (χ4v) is 2.77. The van der Waals surface area contributed by atoms with Crippen LogP contribution in [0.3, 0.4) is 0 Å². The second-order valence-electron chi connectivity index (χ2n) is 4.75. The number of piperazine rings is 1. The van der Waals surface area contributed by atoms with E-state index in [9.17, 15) is 4.39 Å². The summed E-state index contributed by atoms with van der Waals surface area (Å²) in [5.74, 6) is 0.122. The molecule has 0 amide bonds. The number of halogens is 3. The average Bonchev–Trinajstić information content (AvgIpc) is 2.51. The second kappa shape index (κ2) is 6.03. The zero-order chi connectivity index (χ0) is 14.8. The Kier molecular flexibility index (Phi) is 4.12. The van der Waals surface area contributed by atoms with Gasteiger partial charge in [0.05, 0.1) is 28.1 Å². The second-order valence-corrected chi connectivity index (χ2v) is 5.53. The van der Waals surface area contributed by atoms with Crippen LogP contribution in [-0.4, -0.2) is 36.1 Å². The molecule has 21 heavy (non-hydrogen) atoms. The maximum absolute atomic E-state index is 12.8. The number of nitrogens with zero attached hydrogens (tertiary/aromatic N) is 4. The van der Waals surface area contributed by atoms with Gasteiger partial charge in [0, 0.05) is 26.2 Å². The van der Waals surface area contributed by atoms with Crippen molar-refractivity contribution in [2.45, 2.75) is 0 Å². The fraction of sp³-hybridized carbons (Fsp3) is 0.286. The Morgan fingerprint density at radius 2 is 1.57 bits per heavy atom. The monoisotopic (exact) mass is 326 g/mol. The lowest BCUT2D eigenvalue weighted by Gasteiger charge is -2.36. The van der Waals surface area contributed by atoms with Crippen LogP contribution in [0.25, 0.3) is 0 Å². The molecule has 0 saturated carbocycles. The number of anilines is 2. The summed E-state index contributed by atoms with van der Waals surface area (Å²) in [5, 5.41) is 1.13. The largest absolute Gasteiger partial charge is 0.367 e. The van der Waals surface area contributed by atoms with Crippen molar-refractivity contribution in [1.29, 1.82) is 0 Å². The number of aromatic nitrogens is 2. The molecule has 2 heterocycles. The third-order valence-electron chi connectivity index (χ3n) is 3.44. The number of hydrogen-bond donors (Lipinski definition) is 0. The van der Waals surface area contributed by atoms with Crippen LogP contribution in [-0.2, 0) is 0 Å². The first-order valence-corrected chi connectivity index (χ1v) is 7.32. The minimum atomic E-state index is -0.428. The normalized spacial score (nSPS) is 15.4. The quantitative estimate of drug-likeness (QED) is 0.848. The molecule has 1 saturated heterocycles. The SMILES string of the molecule is Fc1cnc(N2CCN(c3cccc(Cl)c3Cl)CC2)nc1. The van der Waals surface area contributed by atoms with E-state index >= 15 is 0 Å². The van der Waals surface area contributed by atoms with E-state index in [2.05, 4.69) is 14.9 Å². The topological polar surface area (TPSA) is 32.3 Å². The van der Waals surface area contributed by atoms with Gasteiger partial charge < -0.3 is 9.80 Å². The van der Waals surface area contributed by atoms with Gasteiger partial charge in [0.15, 0.2) is 5.82 Å². The van der Waals surface area contributed by atoms with Crippen molar-refractivity contribution in [2.75, 3.05) is 36.0 Å². The van der Waals surface area contributed by atoms with Crippen molar-refractivity contribution in [3.8, 4) is 0 Å². The highest BCUT2D eigenvalue weighted by Crippen LogP contribution is 2.33. The Morgan fingerprint density at radius 3 is 2.24 bits per heavy atom. The predicted octanol–water partition coefficient (Wildman–Crippen LogP) is 3.25. The highest BCUT2D eigenvalue weighted by atomic mass is 35.5. The lowest BCUT2D eigenvalue weighted by atomic mass is 10.2. The standard InChI is InChI=1S/C14H13Cl2FN4/c15-11-2-1-3-12(13(11)16)20-4-6-21(7-5-20)14-18-8-10(17)9-19-14/h1-3,8-9H,4-7H2. The molecule has 0 N–H and O–H groups in total. The lowest BCUT2D eigenvalue weighted by Crippen LogP contribution is -2.47. The summed E-state index contributed by atoms with van der Waals surface area (Å²) in [6, 6.07) is 5.62. The summed E-state index contributed by atoms with van der Waals surface area (Å²) in [7, 11) is 0. The number of rotatable bonds is 2. The van der Waals surface area contributed by atoms with Gasteiger partial charge in [-0.05, 0) is 12.1 Å². The highest BCUT2D eigenvalue weighted by molar-refractivity contribution is 6.43. The van der Waals surface area contributed by atoms with E-state index in [0.717, 1.165) is 31.9 Å². The summed E-state index contributed by atoms with van der Waals surface area (Å²) < 4.78 is 12.8. The van der Waals surface area contributed by atoms with Crippen molar-refractivity contribution in [3.63, 3.8) is 0 Å². The van der Waals surface area contributed by atoms with E-state index in [1.54, 1.807) is 6.07 Å². The van der Waals surface area contributed by atoms with Gasteiger partial charge in [0.2, 0.25) is 5.95 Å². The molecule has 110 valence electrons. The lowest BCUT2D eigenvalue weighted by molar-refractivity contribution is 0.602. The van der Waals surface area contributed by atoms with E-state index in [0.29, 0.717) is 16.0 Å². The van der Waals surface area contributed by atoms with Crippen LogP contribution in [0, 0.1) is 5.82 Å². The summed E-state index contributed by atoms with van der Waals surface area (Å²) >= 11 is 12.3. The van der Waals surface area contributed by atoms with E-state index in [1.165, 1.54) is 12.4 Å². The van der Waals surface area contributed by atoms with Gasteiger partial charge in [-0.3, -0.25) is 0 Å². The van der Waals surface area contributed by atoms with Crippen molar-refractivity contribution in [3.05, 3.63) is 46.5 Å². The Balaban J connectivity index is 1.70. The molecule has 1 aromatic heterocycles. The van der Waals surface area contributed by atoms with Crippen LogP contribution >= 0.6 is 23.2 Å². The Hall–Kier alpha value is -1.59. The Morgan fingerprint density at radius 1 is 0.952 bits per heavy atom. The molecule has 0 radical (unpaired) electrons. The molecule has 0 unspecified atom stereocenters. The summed E-state index contributed by atoms with van der Waals surface area (Å²) in [6.45, 7) is 3.05. The van der Waals surface area contributed by atoms with Crippen molar-refractivity contribution in [1.82, 2.24) is 9.97 Å². The van der Waals surface area contributed by atoms with Crippen LogP contribution < -0.4 is 9.80 Å². The number of hydrogen-bond acceptors (Lipinski definition) is 4. The molecule has 1 aromatic carbocycles. The van der Waals surface area contributed by atoms with E-state index < -0.39 is 5.82 Å². The molecular formula is C14H13Cl2FN4. The maximum Gasteiger partial charge on any atom is 0.225 e. The molecule has 4 nitrogen and oxygen atoms in total. The van der Waals surface area contributed by atoms with E-state index in [-0.39, 0.29) is 0 Å². The first-order chi connectivity index (χ1) is 10.1.